The van der Waals surface area contributed by atoms with Crippen LogP contribution in [0.25, 0.3) is 0 Å². The zero-order valence-electron chi connectivity index (χ0n) is 16.1. The predicted molar refractivity (Wildman–Crippen MR) is 107 cm³/mol. The van der Waals surface area contributed by atoms with Crippen LogP contribution in [0.4, 0.5) is 5.69 Å². The van der Waals surface area contributed by atoms with E-state index in [2.05, 4.69) is 10.6 Å². The number of rotatable bonds is 7. The monoisotopic (exact) mass is 382 g/mol. The lowest BCUT2D eigenvalue weighted by molar-refractivity contribution is -0.125. The summed E-state index contributed by atoms with van der Waals surface area (Å²) in [6.07, 6.45) is 1.30. The van der Waals surface area contributed by atoms with Crippen molar-refractivity contribution >= 4 is 17.5 Å². The van der Waals surface area contributed by atoms with Gasteiger partial charge in [-0.15, -0.1) is 0 Å². The average molecular weight is 382 g/mol. The molecule has 2 aromatic rings. The molecule has 0 unspecified atom stereocenters. The van der Waals surface area contributed by atoms with Gasteiger partial charge < -0.3 is 20.1 Å². The molecule has 0 saturated carbocycles. The van der Waals surface area contributed by atoms with Gasteiger partial charge in [-0.3, -0.25) is 9.59 Å². The molecule has 28 heavy (non-hydrogen) atoms. The molecule has 1 heterocycles. The maximum absolute atomic E-state index is 13.2. The third kappa shape index (κ3) is 4.70. The smallest absolute Gasteiger partial charge is 0.257 e. The number of carbonyl (C=O) groups excluding carboxylic acids is 2. The number of nitrogens with one attached hydrogen (secondary N) is 2. The first-order chi connectivity index (χ1) is 13.6. The quantitative estimate of drug-likeness (QED) is 0.772. The van der Waals surface area contributed by atoms with Crippen LogP contribution in [0.1, 0.15) is 25.3 Å². The van der Waals surface area contributed by atoms with E-state index in [4.69, 9.17) is 9.47 Å². The Morgan fingerprint density at radius 1 is 1.04 bits per heavy atom. The Hall–Kier alpha value is -2.86. The molecule has 1 fully saturated rings. The fourth-order valence-electron chi connectivity index (χ4n) is 3.41. The average Bonchev–Trinajstić information content (AvgIpc) is 2.74. The lowest BCUT2D eigenvalue weighted by Crippen LogP contribution is -2.44. The summed E-state index contributed by atoms with van der Waals surface area (Å²) >= 11 is 0. The topological polar surface area (TPSA) is 76.7 Å². The van der Waals surface area contributed by atoms with Gasteiger partial charge in [0.05, 0.1) is 5.41 Å². The first kappa shape index (κ1) is 19.9. The highest BCUT2D eigenvalue weighted by Crippen LogP contribution is 2.36. The maximum Gasteiger partial charge on any atom is 0.257 e. The van der Waals surface area contributed by atoms with E-state index in [1.807, 2.05) is 37.3 Å². The third-order valence-electron chi connectivity index (χ3n) is 4.96. The molecule has 0 bridgehead atoms. The summed E-state index contributed by atoms with van der Waals surface area (Å²) in [7, 11) is 0. The Labute approximate surface area is 165 Å². The van der Waals surface area contributed by atoms with Crippen LogP contribution < -0.4 is 15.4 Å². The molecule has 2 aromatic carbocycles. The fraction of sp³-hybridized carbons (Fsp3) is 0.364. The number of ether oxygens (including phenoxy) is 2. The predicted octanol–water partition coefficient (Wildman–Crippen LogP) is 2.89. The van der Waals surface area contributed by atoms with Crippen molar-refractivity contribution in [3.63, 3.8) is 0 Å². The standard InChI is InChI=1S/C22H26N2O4/c1-2-23-20(25)16-28-19-10-8-18(9-11-19)24-21(26)22(12-14-27-15-13-22)17-6-4-3-5-7-17/h3-11H,2,12-16H2,1H3,(H,23,25)(H,24,26). The van der Waals surface area contributed by atoms with Crippen LogP contribution in [0.5, 0.6) is 5.75 Å². The molecular weight excluding hydrogens is 356 g/mol. The van der Waals surface area contributed by atoms with Gasteiger partial charge in [-0.2, -0.15) is 0 Å². The van der Waals surface area contributed by atoms with Crippen LogP contribution in [0.15, 0.2) is 54.6 Å². The molecule has 1 aliphatic heterocycles. The van der Waals surface area contributed by atoms with Gasteiger partial charge in [0.15, 0.2) is 6.61 Å². The molecule has 0 radical (unpaired) electrons. The van der Waals surface area contributed by atoms with Crippen LogP contribution in [0, 0.1) is 0 Å². The zero-order chi connectivity index (χ0) is 19.8. The first-order valence-corrected chi connectivity index (χ1v) is 9.58. The van der Waals surface area contributed by atoms with Gasteiger partial charge in [-0.05, 0) is 49.6 Å². The van der Waals surface area contributed by atoms with Gasteiger partial charge in [0.25, 0.3) is 5.91 Å². The molecule has 0 spiro atoms. The summed E-state index contributed by atoms with van der Waals surface area (Å²) in [4.78, 5) is 24.7. The van der Waals surface area contributed by atoms with Gasteiger partial charge in [0.2, 0.25) is 5.91 Å². The summed E-state index contributed by atoms with van der Waals surface area (Å²) in [5, 5.41) is 5.71. The summed E-state index contributed by atoms with van der Waals surface area (Å²) in [6, 6.07) is 16.9. The number of amides is 2. The number of benzene rings is 2. The van der Waals surface area contributed by atoms with E-state index in [1.54, 1.807) is 24.3 Å². The Morgan fingerprint density at radius 3 is 2.36 bits per heavy atom. The Kier molecular flexibility index (Phi) is 6.66. The van der Waals surface area contributed by atoms with Crippen molar-refractivity contribution in [2.75, 3.05) is 31.7 Å². The number of anilines is 1. The van der Waals surface area contributed by atoms with Crippen molar-refractivity contribution in [1.29, 1.82) is 0 Å². The second-order valence-electron chi connectivity index (χ2n) is 6.78. The second kappa shape index (κ2) is 9.37. The molecule has 1 aliphatic rings. The third-order valence-corrected chi connectivity index (χ3v) is 4.96. The molecule has 2 amide bonds. The van der Waals surface area contributed by atoms with Crippen LogP contribution >= 0.6 is 0 Å². The minimum atomic E-state index is -0.590. The van der Waals surface area contributed by atoms with Crippen LogP contribution in [-0.4, -0.2) is 38.2 Å². The van der Waals surface area contributed by atoms with Crippen LogP contribution in [0.3, 0.4) is 0 Å². The highest BCUT2D eigenvalue weighted by molar-refractivity contribution is 5.99. The summed E-state index contributed by atoms with van der Waals surface area (Å²) < 4.78 is 10.9. The van der Waals surface area contributed by atoms with Gasteiger partial charge in [-0.25, -0.2) is 0 Å². The largest absolute Gasteiger partial charge is 0.484 e. The summed E-state index contributed by atoms with van der Waals surface area (Å²) in [6.45, 7) is 3.53. The summed E-state index contributed by atoms with van der Waals surface area (Å²) in [5.41, 5.74) is 1.11. The number of likely N-dealkylation sites (N-methyl/N-ethyl adjacent to an activating group) is 1. The number of hydrogen-bond donors (Lipinski definition) is 2. The molecule has 6 heteroatoms. The van der Waals surface area contributed by atoms with Crippen molar-refractivity contribution in [3.8, 4) is 5.75 Å². The number of carbonyl (C=O) groups is 2. The van der Waals surface area contributed by atoms with E-state index in [9.17, 15) is 9.59 Å². The van der Waals surface area contributed by atoms with Crippen molar-refractivity contribution in [2.45, 2.75) is 25.2 Å². The molecule has 2 N–H and O–H groups in total. The van der Waals surface area contributed by atoms with E-state index >= 15 is 0 Å². The van der Waals surface area contributed by atoms with Gasteiger partial charge in [-0.1, -0.05) is 30.3 Å². The highest BCUT2D eigenvalue weighted by Gasteiger charge is 2.41. The lowest BCUT2D eigenvalue weighted by atomic mass is 9.73. The van der Waals surface area contributed by atoms with Gasteiger partial charge in [0.1, 0.15) is 5.75 Å². The first-order valence-electron chi connectivity index (χ1n) is 9.58. The lowest BCUT2D eigenvalue weighted by Gasteiger charge is -2.36. The number of hydrogen-bond acceptors (Lipinski definition) is 4. The van der Waals surface area contributed by atoms with Gasteiger partial charge >= 0.3 is 0 Å². The maximum atomic E-state index is 13.2. The van der Waals surface area contributed by atoms with E-state index in [-0.39, 0.29) is 18.4 Å². The van der Waals surface area contributed by atoms with Crippen molar-refractivity contribution < 1.29 is 19.1 Å². The highest BCUT2D eigenvalue weighted by atomic mass is 16.5. The molecule has 0 atom stereocenters. The van der Waals surface area contributed by atoms with Gasteiger partial charge in [0, 0.05) is 25.4 Å². The molecule has 148 valence electrons. The van der Waals surface area contributed by atoms with E-state index in [1.165, 1.54) is 0 Å². The summed E-state index contributed by atoms with van der Waals surface area (Å²) in [5.74, 6) is 0.385. The SMILES string of the molecule is CCNC(=O)COc1ccc(NC(=O)C2(c3ccccc3)CCOCC2)cc1. The normalized spacial score (nSPS) is 15.5. The molecule has 3 rings (SSSR count). The van der Waals surface area contributed by atoms with Crippen molar-refractivity contribution in [3.05, 3.63) is 60.2 Å². The molecule has 1 saturated heterocycles. The zero-order valence-corrected chi connectivity index (χ0v) is 16.1. The Bertz CT molecular complexity index is 784. The van der Waals surface area contributed by atoms with Crippen molar-refractivity contribution in [2.24, 2.45) is 0 Å². The molecular formula is C22H26N2O4. The van der Waals surface area contributed by atoms with Crippen molar-refractivity contribution in [1.82, 2.24) is 5.32 Å². The fourth-order valence-corrected chi connectivity index (χ4v) is 3.41. The molecule has 6 nitrogen and oxygen atoms in total. The Morgan fingerprint density at radius 2 is 1.71 bits per heavy atom. The second-order valence-corrected chi connectivity index (χ2v) is 6.78. The minimum Gasteiger partial charge on any atom is -0.484 e. The van der Waals surface area contributed by atoms with E-state index in [0.717, 1.165) is 5.56 Å². The van der Waals surface area contributed by atoms with E-state index in [0.29, 0.717) is 44.0 Å². The Balaban J connectivity index is 1.68. The van der Waals surface area contributed by atoms with E-state index < -0.39 is 5.41 Å². The molecule has 0 aliphatic carbocycles. The van der Waals surface area contributed by atoms with Crippen LogP contribution in [-0.2, 0) is 19.7 Å². The minimum absolute atomic E-state index is 0.0296. The molecule has 0 aromatic heterocycles. The van der Waals surface area contributed by atoms with Crippen LogP contribution in [0.2, 0.25) is 0 Å².